The van der Waals surface area contributed by atoms with Crippen molar-refractivity contribution in [3.05, 3.63) is 35.1 Å². The Balaban J connectivity index is 3.05. The van der Waals surface area contributed by atoms with E-state index in [-0.39, 0.29) is 5.82 Å². The highest BCUT2D eigenvalue weighted by atomic mass is 19.1. The fourth-order valence-electron chi connectivity index (χ4n) is 0.875. The first kappa shape index (κ1) is 8.17. The van der Waals surface area contributed by atoms with Gasteiger partial charge in [-0.15, -0.1) is 0 Å². The molecule has 0 amide bonds. The zero-order chi connectivity index (χ0) is 8.43. The van der Waals surface area contributed by atoms with Gasteiger partial charge >= 0.3 is 0 Å². The lowest BCUT2D eigenvalue weighted by Crippen LogP contribution is -2.20. The van der Waals surface area contributed by atoms with Crippen LogP contribution in [-0.4, -0.2) is 0 Å². The first-order valence-corrected chi connectivity index (χ1v) is 3.38. The van der Waals surface area contributed by atoms with Crippen molar-refractivity contribution in [1.82, 2.24) is 0 Å². The minimum absolute atomic E-state index is 0.227. The first-order valence-electron chi connectivity index (χ1n) is 3.38. The molecule has 0 aliphatic carbocycles. The number of halogens is 1. The lowest BCUT2D eigenvalue weighted by atomic mass is 10.1. The average molecular weight is 154 g/mol. The van der Waals surface area contributed by atoms with Crippen molar-refractivity contribution in [3.8, 4) is 0 Å². The van der Waals surface area contributed by atoms with Crippen LogP contribution in [0.1, 0.15) is 17.3 Å². The Hall–Kier alpha value is -0.930. The Morgan fingerprint density at radius 3 is 2.45 bits per heavy atom. The van der Waals surface area contributed by atoms with Crippen LogP contribution in [0.25, 0.3) is 0 Å². The molecule has 0 unspecified atom stereocenters. The monoisotopic (exact) mass is 154 g/mol. The molecule has 0 saturated heterocycles. The molecular formula is C8H11FN2. The quantitative estimate of drug-likeness (QED) is 0.594. The molecule has 0 aromatic heterocycles. The Bertz CT molecular complexity index is 258. The van der Waals surface area contributed by atoms with E-state index >= 15 is 0 Å². The molecule has 3 heteroatoms. The minimum atomic E-state index is -0.519. The van der Waals surface area contributed by atoms with Crippen molar-refractivity contribution in [3.63, 3.8) is 0 Å². The number of hydrogen-bond donors (Lipinski definition) is 2. The van der Waals surface area contributed by atoms with Gasteiger partial charge in [-0.25, -0.2) is 4.39 Å². The summed E-state index contributed by atoms with van der Waals surface area (Å²) in [4.78, 5) is 0. The van der Waals surface area contributed by atoms with Gasteiger partial charge in [0.25, 0.3) is 0 Å². The molecule has 0 aliphatic rings. The van der Waals surface area contributed by atoms with Crippen LogP contribution in [0, 0.1) is 12.7 Å². The number of hydrogen-bond acceptors (Lipinski definition) is 2. The molecule has 0 saturated carbocycles. The SMILES string of the molecule is Cc1cc(C(N)N)ccc1F. The van der Waals surface area contributed by atoms with E-state index in [1.807, 2.05) is 0 Å². The van der Waals surface area contributed by atoms with E-state index in [1.165, 1.54) is 6.07 Å². The maximum atomic E-state index is 12.7. The number of benzene rings is 1. The lowest BCUT2D eigenvalue weighted by molar-refractivity contribution is 0.616. The maximum Gasteiger partial charge on any atom is 0.126 e. The lowest BCUT2D eigenvalue weighted by Gasteiger charge is -2.06. The van der Waals surface area contributed by atoms with Crippen LogP contribution in [-0.2, 0) is 0 Å². The Morgan fingerprint density at radius 2 is 2.00 bits per heavy atom. The molecule has 0 bridgehead atoms. The largest absolute Gasteiger partial charge is 0.312 e. The van der Waals surface area contributed by atoms with E-state index in [9.17, 15) is 4.39 Å². The first-order chi connectivity index (χ1) is 5.11. The molecule has 0 atom stereocenters. The van der Waals surface area contributed by atoms with Gasteiger partial charge in [0.1, 0.15) is 5.82 Å². The highest BCUT2D eigenvalue weighted by Crippen LogP contribution is 2.11. The van der Waals surface area contributed by atoms with Gasteiger partial charge in [-0.1, -0.05) is 12.1 Å². The van der Waals surface area contributed by atoms with E-state index in [0.29, 0.717) is 5.56 Å². The van der Waals surface area contributed by atoms with Crippen LogP contribution in [0.4, 0.5) is 4.39 Å². The maximum absolute atomic E-state index is 12.7. The summed E-state index contributed by atoms with van der Waals surface area (Å²) >= 11 is 0. The fraction of sp³-hybridized carbons (Fsp3) is 0.250. The second kappa shape index (κ2) is 2.98. The van der Waals surface area contributed by atoms with Crippen LogP contribution in [0.3, 0.4) is 0 Å². The van der Waals surface area contributed by atoms with E-state index < -0.39 is 6.17 Å². The molecule has 0 radical (unpaired) electrons. The molecule has 0 fully saturated rings. The van der Waals surface area contributed by atoms with E-state index in [1.54, 1.807) is 19.1 Å². The third kappa shape index (κ3) is 1.76. The predicted octanol–water partition coefficient (Wildman–Crippen LogP) is 1.05. The van der Waals surface area contributed by atoms with Crippen molar-refractivity contribution in [2.75, 3.05) is 0 Å². The summed E-state index contributed by atoms with van der Waals surface area (Å²) in [6.07, 6.45) is -0.519. The van der Waals surface area contributed by atoms with Gasteiger partial charge in [0.05, 0.1) is 6.17 Å². The van der Waals surface area contributed by atoms with Crippen molar-refractivity contribution in [2.24, 2.45) is 11.5 Å². The van der Waals surface area contributed by atoms with Crippen LogP contribution in [0.5, 0.6) is 0 Å². The second-order valence-electron chi connectivity index (χ2n) is 2.53. The smallest absolute Gasteiger partial charge is 0.126 e. The molecule has 4 N–H and O–H groups in total. The normalized spacial score (nSPS) is 10.6. The number of nitrogens with two attached hydrogens (primary N) is 2. The summed E-state index contributed by atoms with van der Waals surface area (Å²) in [5.74, 6) is -0.227. The molecule has 0 aliphatic heterocycles. The van der Waals surface area contributed by atoms with Crippen molar-refractivity contribution in [1.29, 1.82) is 0 Å². The molecule has 1 aromatic rings. The highest BCUT2D eigenvalue weighted by molar-refractivity contribution is 5.25. The molecule has 1 aromatic carbocycles. The summed E-state index contributed by atoms with van der Waals surface area (Å²) in [5, 5.41) is 0. The van der Waals surface area contributed by atoms with Gasteiger partial charge in [0.2, 0.25) is 0 Å². The van der Waals surface area contributed by atoms with Crippen LogP contribution in [0.15, 0.2) is 18.2 Å². The average Bonchev–Trinajstić information content (AvgIpc) is 1.94. The van der Waals surface area contributed by atoms with Crippen LogP contribution < -0.4 is 11.5 Å². The Kier molecular flexibility index (Phi) is 2.22. The van der Waals surface area contributed by atoms with Gasteiger partial charge in [-0.3, -0.25) is 0 Å². The molecule has 1 rings (SSSR count). The van der Waals surface area contributed by atoms with Crippen LogP contribution in [0.2, 0.25) is 0 Å². The topological polar surface area (TPSA) is 52.0 Å². The fourth-order valence-corrected chi connectivity index (χ4v) is 0.875. The summed E-state index contributed by atoms with van der Waals surface area (Å²) < 4.78 is 12.7. The Morgan fingerprint density at radius 1 is 1.36 bits per heavy atom. The van der Waals surface area contributed by atoms with Crippen molar-refractivity contribution >= 4 is 0 Å². The molecular weight excluding hydrogens is 143 g/mol. The standard InChI is InChI=1S/C8H11FN2/c1-5-4-6(8(10)11)2-3-7(5)9/h2-4,8H,10-11H2,1H3. The molecule has 60 valence electrons. The van der Waals surface area contributed by atoms with Gasteiger partial charge < -0.3 is 11.5 Å². The Labute approximate surface area is 65.0 Å². The van der Waals surface area contributed by atoms with Gasteiger partial charge in [0.15, 0.2) is 0 Å². The summed E-state index contributed by atoms with van der Waals surface area (Å²) in [7, 11) is 0. The predicted molar refractivity (Wildman–Crippen MR) is 42.3 cm³/mol. The van der Waals surface area contributed by atoms with Gasteiger partial charge in [0, 0.05) is 0 Å². The van der Waals surface area contributed by atoms with E-state index in [0.717, 1.165) is 5.56 Å². The summed E-state index contributed by atoms with van der Waals surface area (Å²) in [5.41, 5.74) is 12.1. The summed E-state index contributed by atoms with van der Waals surface area (Å²) in [6.45, 7) is 1.68. The summed E-state index contributed by atoms with van der Waals surface area (Å²) in [6, 6.07) is 4.62. The number of aryl methyl sites for hydroxylation is 1. The molecule has 2 nitrogen and oxygen atoms in total. The second-order valence-corrected chi connectivity index (χ2v) is 2.53. The number of rotatable bonds is 1. The minimum Gasteiger partial charge on any atom is -0.312 e. The zero-order valence-corrected chi connectivity index (χ0v) is 6.34. The van der Waals surface area contributed by atoms with Gasteiger partial charge in [-0.2, -0.15) is 0 Å². The van der Waals surface area contributed by atoms with E-state index in [2.05, 4.69) is 0 Å². The molecule has 11 heavy (non-hydrogen) atoms. The third-order valence-corrected chi connectivity index (χ3v) is 1.57. The van der Waals surface area contributed by atoms with Gasteiger partial charge in [-0.05, 0) is 24.1 Å². The highest BCUT2D eigenvalue weighted by Gasteiger charge is 2.01. The zero-order valence-electron chi connectivity index (χ0n) is 6.34. The third-order valence-electron chi connectivity index (χ3n) is 1.57. The van der Waals surface area contributed by atoms with Crippen molar-refractivity contribution < 1.29 is 4.39 Å². The van der Waals surface area contributed by atoms with Crippen LogP contribution >= 0.6 is 0 Å². The molecule has 0 heterocycles. The van der Waals surface area contributed by atoms with Crippen molar-refractivity contribution in [2.45, 2.75) is 13.1 Å². The van der Waals surface area contributed by atoms with E-state index in [4.69, 9.17) is 11.5 Å². The molecule has 0 spiro atoms.